The van der Waals surface area contributed by atoms with Crippen LogP contribution in [0.1, 0.15) is 18.9 Å². The highest BCUT2D eigenvalue weighted by atomic mass is 32.2. The fourth-order valence-corrected chi connectivity index (χ4v) is 4.53. The first-order valence-electron chi connectivity index (χ1n) is 8.31. The number of ether oxygens (including phenoxy) is 1. The summed E-state index contributed by atoms with van der Waals surface area (Å²) in [6.07, 6.45) is 2.92. The lowest BCUT2D eigenvalue weighted by Gasteiger charge is -2.26. The van der Waals surface area contributed by atoms with Gasteiger partial charge in [-0.3, -0.25) is 14.9 Å². The highest BCUT2D eigenvalue weighted by Crippen LogP contribution is 2.18. The number of nitrogens with zero attached hydrogens (tertiary/aromatic N) is 2. The normalized spacial score (nSPS) is 18.3. The van der Waals surface area contributed by atoms with Crippen molar-refractivity contribution in [1.82, 2.24) is 4.90 Å². The lowest BCUT2D eigenvalue weighted by Crippen LogP contribution is -2.43. The molecular weight excluding hydrogens is 376 g/mol. The Labute approximate surface area is 156 Å². The van der Waals surface area contributed by atoms with E-state index < -0.39 is 33.2 Å². The van der Waals surface area contributed by atoms with Crippen molar-refractivity contribution < 1.29 is 27.7 Å². The van der Waals surface area contributed by atoms with Crippen LogP contribution < -0.4 is 0 Å². The molecule has 1 aromatic carbocycles. The average Bonchev–Trinajstić information content (AvgIpc) is 2.98. The number of hydrogen-bond acceptors (Lipinski definition) is 7. The number of likely N-dealkylation sites (N-methyl/N-ethyl adjacent to an activating group) is 1. The van der Waals surface area contributed by atoms with Gasteiger partial charge in [0, 0.05) is 30.8 Å². The number of sulfone groups is 1. The molecule has 146 valence electrons. The highest BCUT2D eigenvalue weighted by molar-refractivity contribution is 7.91. The van der Waals surface area contributed by atoms with E-state index in [-0.39, 0.29) is 23.2 Å². The molecule has 1 aliphatic heterocycles. The lowest BCUT2D eigenvalue weighted by atomic mass is 10.2. The van der Waals surface area contributed by atoms with Crippen molar-refractivity contribution >= 4 is 33.5 Å². The molecule has 1 aromatic rings. The van der Waals surface area contributed by atoms with Crippen LogP contribution in [0, 0.1) is 10.1 Å². The SMILES string of the molecule is CCN(C(=O)COC(=O)/C=C/c1ccc([N+](=O)[O-])cc1)[C@@H]1CCS(=O)(=O)C1. The third kappa shape index (κ3) is 5.88. The predicted molar refractivity (Wildman–Crippen MR) is 97.5 cm³/mol. The van der Waals surface area contributed by atoms with E-state index in [1.807, 2.05) is 0 Å². The number of rotatable bonds is 7. The number of benzene rings is 1. The molecule has 0 aliphatic carbocycles. The first-order chi connectivity index (χ1) is 12.7. The minimum Gasteiger partial charge on any atom is -0.452 e. The van der Waals surface area contributed by atoms with Crippen molar-refractivity contribution in [3.8, 4) is 0 Å². The van der Waals surface area contributed by atoms with E-state index in [1.54, 1.807) is 6.92 Å². The van der Waals surface area contributed by atoms with Crippen LogP contribution in [-0.2, 0) is 24.2 Å². The van der Waals surface area contributed by atoms with Gasteiger partial charge in [0.2, 0.25) is 0 Å². The van der Waals surface area contributed by atoms with E-state index in [4.69, 9.17) is 4.74 Å². The molecule has 1 heterocycles. The summed E-state index contributed by atoms with van der Waals surface area (Å²) in [5.74, 6) is -1.20. The van der Waals surface area contributed by atoms with E-state index >= 15 is 0 Å². The third-order valence-corrected chi connectivity index (χ3v) is 5.91. The van der Waals surface area contributed by atoms with Gasteiger partial charge in [0.05, 0.1) is 16.4 Å². The van der Waals surface area contributed by atoms with Crippen LogP contribution >= 0.6 is 0 Å². The highest BCUT2D eigenvalue weighted by Gasteiger charge is 2.34. The standard InChI is InChI=1S/C17H20N2O7S/c1-2-18(15-9-10-27(24,25)12-15)16(20)11-26-17(21)8-5-13-3-6-14(7-4-13)19(22)23/h3-8,15H,2,9-12H2,1H3/b8-5+/t15-/m1/s1. The van der Waals surface area contributed by atoms with Crippen LogP contribution in [0.5, 0.6) is 0 Å². The van der Waals surface area contributed by atoms with Crippen LogP contribution in [0.3, 0.4) is 0 Å². The molecular formula is C17H20N2O7S. The molecule has 1 saturated heterocycles. The maximum atomic E-state index is 12.2. The summed E-state index contributed by atoms with van der Waals surface area (Å²) >= 11 is 0. The molecule has 10 heteroatoms. The molecule has 0 radical (unpaired) electrons. The van der Waals surface area contributed by atoms with Gasteiger partial charge in [-0.25, -0.2) is 13.2 Å². The van der Waals surface area contributed by atoms with Crippen molar-refractivity contribution in [3.05, 3.63) is 46.0 Å². The molecule has 0 aromatic heterocycles. The molecule has 1 aliphatic rings. The number of nitro benzene ring substituents is 1. The summed E-state index contributed by atoms with van der Waals surface area (Å²) < 4.78 is 28.0. The lowest BCUT2D eigenvalue weighted by molar-refractivity contribution is -0.384. The van der Waals surface area contributed by atoms with Crippen molar-refractivity contribution in [2.75, 3.05) is 24.7 Å². The summed E-state index contributed by atoms with van der Waals surface area (Å²) in [6, 6.07) is 5.19. The van der Waals surface area contributed by atoms with Crippen molar-refractivity contribution in [2.45, 2.75) is 19.4 Å². The summed E-state index contributed by atoms with van der Waals surface area (Å²) in [6.45, 7) is 1.59. The molecule has 27 heavy (non-hydrogen) atoms. The van der Waals surface area contributed by atoms with E-state index in [0.29, 0.717) is 18.5 Å². The largest absolute Gasteiger partial charge is 0.452 e. The second-order valence-electron chi connectivity index (χ2n) is 6.03. The second kappa shape index (κ2) is 8.76. The topological polar surface area (TPSA) is 124 Å². The Morgan fingerprint density at radius 3 is 2.52 bits per heavy atom. The zero-order valence-corrected chi connectivity index (χ0v) is 15.6. The smallest absolute Gasteiger partial charge is 0.331 e. The maximum Gasteiger partial charge on any atom is 0.331 e. The number of nitro groups is 1. The Hall–Kier alpha value is -2.75. The van der Waals surface area contributed by atoms with Crippen molar-refractivity contribution in [1.29, 1.82) is 0 Å². The minimum absolute atomic E-state index is 0.0548. The zero-order valence-electron chi connectivity index (χ0n) is 14.7. The Kier molecular flexibility index (Phi) is 6.67. The van der Waals surface area contributed by atoms with Crippen molar-refractivity contribution in [3.63, 3.8) is 0 Å². The fourth-order valence-electron chi connectivity index (χ4n) is 2.79. The van der Waals surface area contributed by atoms with Gasteiger partial charge in [0.15, 0.2) is 16.4 Å². The Morgan fingerprint density at radius 1 is 1.33 bits per heavy atom. The van der Waals surface area contributed by atoms with Crippen LogP contribution in [0.25, 0.3) is 6.08 Å². The Morgan fingerprint density at radius 2 is 2.00 bits per heavy atom. The molecule has 2 rings (SSSR count). The summed E-state index contributed by atoms with van der Waals surface area (Å²) in [5, 5.41) is 10.6. The van der Waals surface area contributed by atoms with E-state index in [0.717, 1.165) is 6.08 Å². The van der Waals surface area contributed by atoms with Gasteiger partial charge in [-0.05, 0) is 37.1 Å². The Bertz CT molecular complexity index is 847. The molecule has 0 saturated carbocycles. The van der Waals surface area contributed by atoms with Crippen LogP contribution in [-0.4, -0.2) is 60.8 Å². The number of amides is 1. The van der Waals surface area contributed by atoms with E-state index in [1.165, 1.54) is 35.2 Å². The zero-order chi connectivity index (χ0) is 20.0. The van der Waals surface area contributed by atoms with Gasteiger partial charge in [-0.15, -0.1) is 0 Å². The van der Waals surface area contributed by atoms with Gasteiger partial charge in [0.1, 0.15) is 0 Å². The second-order valence-corrected chi connectivity index (χ2v) is 8.26. The molecule has 1 atom stereocenters. The summed E-state index contributed by atoms with van der Waals surface area (Å²) in [4.78, 5) is 35.4. The maximum absolute atomic E-state index is 12.2. The summed E-state index contributed by atoms with van der Waals surface area (Å²) in [5.41, 5.74) is 0.504. The molecule has 1 fully saturated rings. The minimum atomic E-state index is -3.12. The first-order valence-corrected chi connectivity index (χ1v) is 10.1. The van der Waals surface area contributed by atoms with Crippen LogP contribution in [0.2, 0.25) is 0 Å². The summed E-state index contributed by atoms with van der Waals surface area (Å²) in [7, 11) is -3.12. The molecule has 9 nitrogen and oxygen atoms in total. The predicted octanol–water partition coefficient (Wildman–Crippen LogP) is 1.19. The fraction of sp³-hybridized carbons (Fsp3) is 0.412. The van der Waals surface area contributed by atoms with Gasteiger partial charge < -0.3 is 9.64 Å². The number of non-ortho nitro benzene ring substituents is 1. The third-order valence-electron chi connectivity index (χ3n) is 4.16. The number of carbonyl (C=O) groups is 2. The van der Waals surface area contributed by atoms with Gasteiger partial charge in [-0.2, -0.15) is 0 Å². The van der Waals surface area contributed by atoms with Crippen LogP contribution in [0.15, 0.2) is 30.3 Å². The van der Waals surface area contributed by atoms with Gasteiger partial charge in [0.25, 0.3) is 11.6 Å². The quantitative estimate of drug-likeness (QED) is 0.293. The molecule has 0 N–H and O–H groups in total. The average molecular weight is 396 g/mol. The first kappa shape index (κ1) is 20.6. The van der Waals surface area contributed by atoms with Gasteiger partial charge >= 0.3 is 5.97 Å². The number of esters is 1. The van der Waals surface area contributed by atoms with Gasteiger partial charge in [-0.1, -0.05) is 0 Å². The Balaban J connectivity index is 1.86. The molecule has 1 amide bonds. The van der Waals surface area contributed by atoms with E-state index in [9.17, 15) is 28.1 Å². The molecule has 0 bridgehead atoms. The van der Waals surface area contributed by atoms with Crippen molar-refractivity contribution in [2.24, 2.45) is 0 Å². The number of carbonyl (C=O) groups excluding carboxylic acids is 2. The number of hydrogen-bond donors (Lipinski definition) is 0. The van der Waals surface area contributed by atoms with E-state index in [2.05, 4.69) is 0 Å². The monoisotopic (exact) mass is 396 g/mol. The van der Waals surface area contributed by atoms with Crippen LogP contribution in [0.4, 0.5) is 5.69 Å². The molecule has 0 unspecified atom stereocenters. The molecule has 0 spiro atoms.